The predicted octanol–water partition coefficient (Wildman–Crippen LogP) is 12.6. The summed E-state index contributed by atoms with van der Waals surface area (Å²) in [7, 11) is 0. The summed E-state index contributed by atoms with van der Waals surface area (Å²) in [6.07, 6.45) is 16.4. The van der Waals surface area contributed by atoms with E-state index in [4.69, 9.17) is 28.4 Å². The van der Waals surface area contributed by atoms with Gasteiger partial charge in [0, 0.05) is 90.1 Å². The zero-order chi connectivity index (χ0) is 44.2. The molecule has 0 aromatic heterocycles. The zero-order valence-electron chi connectivity index (χ0n) is 43.6. The standard InChI is InChI=1S/C54H87O7.CH3.V.W.Y/c1-16-42-33(5)32(4)35(7)48(58-42)61-46-45(60-47-34(6)31(3)30(2)28-56-47)36(8)38(10)57-49(46)59-43-20-21-51(13)39(37(43)9)19-22-53(15)44(51)18-17-40-41-27-50(11,12)23-25-54(41,29-55)26-24-52(40,53)14;;;;/h17,26,30-36,38-39,41-49H,16,18-25,27-28H2,1-15H3;1H3;;;/q-3;-1;;;/t30-,31+,32+,33-,34?,35?,36-,38?,39+,41?,42?,43+,44?,45+,46?,47+,48+,49+,51?,52-,53+,54-;;;;/m1..../s1. The topological polar surface area (TPSA) is 72.5 Å². The molecule has 4 saturated carbocycles. The number of allylic oxidation sites excluding steroid dienone is 2. The number of carbonyl (C=O) groups excluding carboxylic acids is 1. The van der Waals surface area contributed by atoms with Gasteiger partial charge in [0.2, 0.25) is 0 Å². The van der Waals surface area contributed by atoms with Crippen LogP contribution in [0.15, 0.2) is 11.6 Å². The van der Waals surface area contributed by atoms with Crippen molar-refractivity contribution in [2.24, 2.45) is 86.3 Å². The van der Waals surface area contributed by atoms with Crippen molar-refractivity contribution in [2.45, 2.75) is 217 Å². The average Bonchev–Trinajstić information content (AvgIpc) is 3.22. The van der Waals surface area contributed by atoms with E-state index in [1.165, 1.54) is 18.8 Å². The molecule has 3 saturated heterocycles. The third kappa shape index (κ3) is 10.0. The normalized spacial score (nSPS) is 51.6. The number of hydrogen-bond acceptors (Lipinski definition) is 7. The van der Waals surface area contributed by atoms with E-state index in [0.717, 1.165) is 51.4 Å². The van der Waals surface area contributed by atoms with Crippen LogP contribution >= 0.6 is 0 Å². The molecule has 0 aromatic carbocycles. The molecule has 0 N–H and O–H groups in total. The number of fused-ring (bicyclic) bond motifs is 7. The summed E-state index contributed by atoms with van der Waals surface area (Å²) >= 11 is 0. The second-order valence-electron chi connectivity index (χ2n) is 24.4. The molecular formula is C55H90O7VWY-4. The molecule has 7 nitrogen and oxygen atoms in total. The fourth-order valence-electron chi connectivity index (χ4n) is 15.3. The van der Waals surface area contributed by atoms with Gasteiger partial charge in [-0.2, -0.15) is 19.3 Å². The van der Waals surface area contributed by atoms with Gasteiger partial charge in [0.1, 0.15) is 6.10 Å². The Balaban J connectivity index is 0.00000231. The van der Waals surface area contributed by atoms with E-state index < -0.39 is 17.8 Å². The van der Waals surface area contributed by atoms with Crippen LogP contribution in [0.3, 0.4) is 0 Å². The predicted molar refractivity (Wildman–Crippen MR) is 248 cm³/mol. The van der Waals surface area contributed by atoms with Crippen molar-refractivity contribution in [2.75, 3.05) is 6.61 Å². The van der Waals surface area contributed by atoms with Crippen LogP contribution in [-0.2, 0) is 106 Å². The molecule has 2 radical (unpaired) electrons. The zero-order valence-corrected chi connectivity index (χ0v) is 50.8. The summed E-state index contributed by atoms with van der Waals surface area (Å²) in [5.41, 5.74) is 1.78. The van der Waals surface area contributed by atoms with Gasteiger partial charge in [-0.25, -0.2) is 0 Å². The minimum absolute atomic E-state index is 0. The van der Waals surface area contributed by atoms with Crippen LogP contribution in [0, 0.1) is 106 Å². The van der Waals surface area contributed by atoms with E-state index in [0.29, 0.717) is 42.1 Å². The maximum absolute atomic E-state index is 12.8. The maximum Gasteiger partial charge on any atom is 0.184 e. The fraction of sp³-hybridized carbons (Fsp3) is 0.891. The Morgan fingerprint density at radius 2 is 1.46 bits per heavy atom. The van der Waals surface area contributed by atoms with Crippen LogP contribution in [0.1, 0.15) is 168 Å². The summed E-state index contributed by atoms with van der Waals surface area (Å²) in [6, 6.07) is 0. The van der Waals surface area contributed by atoms with Gasteiger partial charge in [-0.1, -0.05) is 145 Å². The molecule has 3 aliphatic heterocycles. The van der Waals surface area contributed by atoms with Crippen molar-refractivity contribution in [3.05, 3.63) is 31.4 Å². The third-order valence-electron chi connectivity index (χ3n) is 21.0. The van der Waals surface area contributed by atoms with Crippen molar-refractivity contribution in [1.82, 2.24) is 0 Å². The Morgan fingerprint density at radius 3 is 2.12 bits per heavy atom. The molecule has 3 heterocycles. The Bertz CT molecular complexity index is 1630. The van der Waals surface area contributed by atoms with Crippen LogP contribution in [0.5, 0.6) is 0 Å². The summed E-state index contributed by atoms with van der Waals surface area (Å²) in [6.45, 7) is 36.3. The number of rotatable bonds is 8. The third-order valence-corrected chi connectivity index (χ3v) is 21.0. The van der Waals surface area contributed by atoms with Gasteiger partial charge >= 0.3 is 0 Å². The van der Waals surface area contributed by atoms with Crippen LogP contribution in [0.25, 0.3) is 0 Å². The largest absolute Gasteiger partial charge is 0.544 e. The first-order valence-corrected chi connectivity index (χ1v) is 25.3. The fourth-order valence-corrected chi connectivity index (χ4v) is 15.3. The quantitative estimate of drug-likeness (QED) is 0.136. The molecule has 370 valence electrons. The monoisotopic (exact) mass is 1190 g/mol. The van der Waals surface area contributed by atoms with Gasteiger partial charge in [0.05, 0.1) is 24.9 Å². The summed E-state index contributed by atoms with van der Waals surface area (Å²) in [5, 5.41) is 0. The maximum atomic E-state index is 12.8. The van der Waals surface area contributed by atoms with Gasteiger partial charge in [-0.15, -0.1) is 0 Å². The Kier molecular flexibility index (Phi) is 20.0. The molecule has 65 heavy (non-hydrogen) atoms. The number of ether oxygens (including phenoxy) is 6. The van der Waals surface area contributed by atoms with Gasteiger partial charge in [0.15, 0.2) is 18.9 Å². The first kappa shape index (κ1) is 59.1. The molecule has 5 aliphatic carbocycles. The average molecular weight is 1190 g/mol. The first-order valence-electron chi connectivity index (χ1n) is 25.3. The van der Waals surface area contributed by atoms with Gasteiger partial charge in [-0.3, -0.25) is 17.6 Å². The minimum atomic E-state index is -0.596. The summed E-state index contributed by atoms with van der Waals surface area (Å²) in [4.78, 5) is 12.8. The molecule has 8 unspecified atom stereocenters. The van der Waals surface area contributed by atoms with Crippen LogP contribution in [-0.4, -0.2) is 62.3 Å². The molecule has 22 atom stereocenters. The van der Waals surface area contributed by atoms with E-state index in [1.807, 2.05) is 0 Å². The van der Waals surface area contributed by atoms with Crippen LogP contribution in [0.4, 0.5) is 0 Å². The number of hydrogen-bond donors (Lipinski definition) is 0. The van der Waals surface area contributed by atoms with Gasteiger partial charge in [0.25, 0.3) is 0 Å². The molecule has 0 spiro atoms. The minimum Gasteiger partial charge on any atom is -0.544 e. The molecule has 0 aromatic rings. The molecule has 7 fully saturated rings. The van der Waals surface area contributed by atoms with Crippen molar-refractivity contribution >= 4 is 6.29 Å². The van der Waals surface area contributed by atoms with Crippen molar-refractivity contribution in [3.8, 4) is 0 Å². The van der Waals surface area contributed by atoms with E-state index in [9.17, 15) is 4.79 Å². The smallest absolute Gasteiger partial charge is 0.184 e. The van der Waals surface area contributed by atoms with Crippen molar-refractivity contribution in [3.63, 3.8) is 0 Å². The molecular weight excluding hydrogens is 1100 g/mol. The molecule has 0 bridgehead atoms. The molecule has 10 heteroatoms. The second-order valence-corrected chi connectivity index (χ2v) is 24.4. The van der Waals surface area contributed by atoms with Crippen LogP contribution in [0.2, 0.25) is 0 Å². The van der Waals surface area contributed by atoms with Crippen molar-refractivity contribution in [1.29, 1.82) is 0 Å². The van der Waals surface area contributed by atoms with Crippen LogP contribution < -0.4 is 0 Å². The molecule has 8 aliphatic rings. The van der Waals surface area contributed by atoms with E-state index >= 15 is 0 Å². The Labute approximate surface area is 449 Å². The summed E-state index contributed by atoms with van der Waals surface area (Å²) in [5.74, 6) is 5.21. The first-order chi connectivity index (χ1) is 28.6. The molecule has 0 amide bonds. The Morgan fingerprint density at radius 1 is 0.800 bits per heavy atom. The molecule has 8 rings (SSSR count). The van der Waals surface area contributed by atoms with E-state index in [2.05, 4.69) is 123 Å². The van der Waals surface area contributed by atoms with E-state index in [1.54, 1.807) is 5.57 Å². The van der Waals surface area contributed by atoms with Gasteiger partial charge < -0.3 is 47.1 Å². The second kappa shape index (κ2) is 21.9. The van der Waals surface area contributed by atoms with E-state index in [-0.39, 0.29) is 162 Å². The summed E-state index contributed by atoms with van der Waals surface area (Å²) < 4.78 is 42.1. The van der Waals surface area contributed by atoms with Crippen molar-refractivity contribution < 1.29 is 106 Å². The SMILES string of the molecule is CCC1O[C@@H](OC2[C@H](O[C@H]3CCC4(C)C5CC=C6C7CC(C)(C)CC[C@]7([C-]=O)[CH-]C[C@@]6(C)[C@@]5(C)CC[C@H]4[C-]3C)OC(C)[C@@H](C)[C@@H]2O[C@@H]2OC[C@@H](C)[C@H](C)C2C)C(C)[C@@H](C)[C@H]1C.[CH3-].[V].[W].[Y]. The Hall–Kier alpha value is 1.55. The van der Waals surface area contributed by atoms with Gasteiger partial charge in [-0.05, 0) is 84.9 Å².